The van der Waals surface area contributed by atoms with Crippen LogP contribution in [0.2, 0.25) is 0 Å². The number of methoxy groups -OCH3 is 1. The maximum Gasteiger partial charge on any atom is 0.264 e. The van der Waals surface area contributed by atoms with E-state index in [1.807, 2.05) is 0 Å². The predicted octanol–water partition coefficient (Wildman–Crippen LogP) is 0.798. The summed E-state index contributed by atoms with van der Waals surface area (Å²) in [5.74, 6) is 0.0515. The number of hydrogen-bond donors (Lipinski definition) is 2. The van der Waals surface area contributed by atoms with Gasteiger partial charge < -0.3 is 9.84 Å². The molecule has 2 rings (SSSR count). The van der Waals surface area contributed by atoms with E-state index in [1.54, 1.807) is 0 Å². The third-order valence-corrected chi connectivity index (χ3v) is 2.92. The van der Waals surface area contributed by atoms with E-state index >= 15 is 0 Å². The van der Waals surface area contributed by atoms with Gasteiger partial charge in [-0.05, 0) is 12.2 Å². The summed E-state index contributed by atoms with van der Waals surface area (Å²) in [6.45, 7) is 0.651. The first-order valence-corrected chi connectivity index (χ1v) is 6.39. The van der Waals surface area contributed by atoms with Crippen LogP contribution in [0.1, 0.15) is 5.56 Å². The summed E-state index contributed by atoms with van der Waals surface area (Å²) >= 11 is 5.00. The molecule has 0 spiro atoms. The normalized spacial score (nSPS) is 11.1. The van der Waals surface area contributed by atoms with Crippen LogP contribution >= 0.6 is 12.2 Å². The van der Waals surface area contributed by atoms with Gasteiger partial charge in [0.05, 0.1) is 19.3 Å². The lowest BCUT2D eigenvalue weighted by molar-refractivity contribution is 0.182. The predicted molar refractivity (Wildman–Crippen MR) is 78.7 cm³/mol. The lowest BCUT2D eigenvalue weighted by Crippen LogP contribution is -2.20. The van der Waals surface area contributed by atoms with Crippen LogP contribution in [0.25, 0.3) is 0 Å². The first-order chi connectivity index (χ1) is 10.1. The monoisotopic (exact) mass is 307 g/mol. The van der Waals surface area contributed by atoms with Crippen LogP contribution in [0.4, 0.5) is 5.82 Å². The highest BCUT2D eigenvalue weighted by atomic mass is 32.1. The Labute approximate surface area is 124 Å². The molecule has 0 aromatic carbocycles. The van der Waals surface area contributed by atoms with Crippen LogP contribution in [-0.2, 0) is 11.3 Å². The fraction of sp³-hybridized carbons (Fsp3) is 0.250. The smallest absolute Gasteiger partial charge is 0.264 e. The number of aromatic nitrogens is 4. The SMILES string of the molecule is COCCn1c(O)c(C=Nc2cnccn2)c(=O)[nH]c1=S. The van der Waals surface area contributed by atoms with Crippen molar-refractivity contribution in [2.24, 2.45) is 4.99 Å². The maximum absolute atomic E-state index is 11.9. The van der Waals surface area contributed by atoms with E-state index in [-0.39, 0.29) is 16.2 Å². The fourth-order valence-electron chi connectivity index (χ4n) is 1.57. The lowest BCUT2D eigenvalue weighted by atomic mass is 10.3. The molecule has 0 radical (unpaired) electrons. The van der Waals surface area contributed by atoms with Crippen molar-refractivity contribution in [2.75, 3.05) is 13.7 Å². The van der Waals surface area contributed by atoms with Gasteiger partial charge in [0.2, 0.25) is 5.88 Å². The Kier molecular flexibility index (Phi) is 4.90. The molecule has 0 saturated heterocycles. The van der Waals surface area contributed by atoms with Gasteiger partial charge in [0.25, 0.3) is 5.56 Å². The molecule has 2 aromatic rings. The minimum absolute atomic E-state index is 0.00893. The van der Waals surface area contributed by atoms with Gasteiger partial charge in [-0.1, -0.05) is 0 Å². The number of nitrogens with zero attached hydrogens (tertiary/aromatic N) is 4. The summed E-state index contributed by atoms with van der Waals surface area (Å²) < 4.78 is 6.41. The summed E-state index contributed by atoms with van der Waals surface area (Å²) in [7, 11) is 1.53. The molecule has 0 amide bonds. The zero-order valence-electron chi connectivity index (χ0n) is 11.2. The van der Waals surface area contributed by atoms with Crippen molar-refractivity contribution in [1.29, 1.82) is 0 Å². The highest BCUT2D eigenvalue weighted by Crippen LogP contribution is 2.12. The molecule has 0 fully saturated rings. The second-order valence-electron chi connectivity index (χ2n) is 3.96. The van der Waals surface area contributed by atoms with Crippen LogP contribution in [0.5, 0.6) is 5.88 Å². The van der Waals surface area contributed by atoms with Crippen molar-refractivity contribution < 1.29 is 9.84 Å². The molecule has 0 unspecified atom stereocenters. The Morgan fingerprint density at radius 2 is 2.38 bits per heavy atom. The largest absolute Gasteiger partial charge is 0.494 e. The van der Waals surface area contributed by atoms with Gasteiger partial charge in [0.1, 0.15) is 5.56 Å². The van der Waals surface area contributed by atoms with Gasteiger partial charge >= 0.3 is 0 Å². The number of ether oxygens (including phenoxy) is 1. The molecule has 0 aliphatic rings. The molecule has 0 saturated carbocycles. The van der Waals surface area contributed by atoms with Gasteiger partial charge in [-0.3, -0.25) is 19.3 Å². The number of aromatic amines is 1. The number of aliphatic imine (C=N–C) groups is 1. The number of nitrogens with one attached hydrogen (secondary N) is 1. The number of H-pyrrole nitrogens is 1. The molecular weight excluding hydrogens is 294 g/mol. The average Bonchev–Trinajstić information content (AvgIpc) is 2.47. The average molecular weight is 307 g/mol. The zero-order chi connectivity index (χ0) is 15.2. The zero-order valence-corrected chi connectivity index (χ0v) is 12.0. The van der Waals surface area contributed by atoms with Gasteiger partial charge in [-0.15, -0.1) is 0 Å². The van der Waals surface area contributed by atoms with Crippen LogP contribution in [0.15, 0.2) is 28.4 Å². The Bertz CT molecular complexity index is 754. The summed E-state index contributed by atoms with van der Waals surface area (Å²) in [6.07, 6.45) is 5.63. The molecule has 0 aliphatic heterocycles. The van der Waals surface area contributed by atoms with Gasteiger partial charge in [-0.2, -0.15) is 0 Å². The van der Waals surface area contributed by atoms with E-state index in [9.17, 15) is 9.90 Å². The van der Waals surface area contributed by atoms with E-state index in [1.165, 1.54) is 36.5 Å². The summed E-state index contributed by atoms with van der Waals surface area (Å²) in [5, 5.41) is 10.1. The van der Waals surface area contributed by atoms with Gasteiger partial charge in [0.15, 0.2) is 10.6 Å². The van der Waals surface area contributed by atoms with Crippen molar-refractivity contribution in [2.45, 2.75) is 6.54 Å². The molecule has 2 N–H and O–H groups in total. The topological polar surface area (TPSA) is 105 Å². The highest BCUT2D eigenvalue weighted by molar-refractivity contribution is 7.71. The Morgan fingerprint density at radius 3 is 3.05 bits per heavy atom. The first-order valence-electron chi connectivity index (χ1n) is 5.98. The van der Waals surface area contributed by atoms with Crippen molar-refractivity contribution in [1.82, 2.24) is 19.5 Å². The summed E-state index contributed by atoms with van der Waals surface area (Å²) in [6, 6.07) is 0. The molecule has 2 aromatic heterocycles. The quantitative estimate of drug-likeness (QED) is 0.625. The third kappa shape index (κ3) is 3.58. The second kappa shape index (κ2) is 6.86. The lowest BCUT2D eigenvalue weighted by Gasteiger charge is -2.10. The van der Waals surface area contributed by atoms with Crippen LogP contribution in [-0.4, -0.2) is 44.6 Å². The van der Waals surface area contributed by atoms with Crippen molar-refractivity contribution in [3.8, 4) is 5.88 Å². The standard InChI is InChI=1S/C12H13N5O3S/c1-20-5-4-17-11(19)8(10(18)16-12(17)21)6-15-9-7-13-2-3-14-9/h2-3,6-7,19H,4-5H2,1H3,(H,16,18,21). The second-order valence-corrected chi connectivity index (χ2v) is 4.35. The van der Waals surface area contributed by atoms with Crippen LogP contribution < -0.4 is 5.56 Å². The molecule has 110 valence electrons. The van der Waals surface area contributed by atoms with E-state index < -0.39 is 5.56 Å². The first kappa shape index (κ1) is 15.0. The van der Waals surface area contributed by atoms with Crippen molar-refractivity contribution >= 4 is 24.3 Å². The molecule has 8 nitrogen and oxygen atoms in total. The Morgan fingerprint density at radius 1 is 1.57 bits per heavy atom. The van der Waals surface area contributed by atoms with Crippen LogP contribution in [0, 0.1) is 4.77 Å². The van der Waals surface area contributed by atoms with Gasteiger partial charge in [0, 0.05) is 25.7 Å². The molecule has 9 heteroatoms. The molecule has 0 atom stereocenters. The molecule has 0 aliphatic carbocycles. The van der Waals surface area contributed by atoms with E-state index in [2.05, 4.69) is 19.9 Å². The van der Waals surface area contributed by atoms with E-state index in [4.69, 9.17) is 17.0 Å². The third-order valence-electron chi connectivity index (χ3n) is 2.60. The molecule has 2 heterocycles. The highest BCUT2D eigenvalue weighted by Gasteiger charge is 2.10. The number of hydrogen-bond acceptors (Lipinski definition) is 7. The Balaban J connectivity index is 2.42. The number of aromatic hydroxyl groups is 1. The van der Waals surface area contributed by atoms with Crippen molar-refractivity contribution in [3.05, 3.63) is 39.3 Å². The summed E-state index contributed by atoms with van der Waals surface area (Å²) in [4.78, 5) is 26.1. The minimum Gasteiger partial charge on any atom is -0.494 e. The number of rotatable bonds is 5. The van der Waals surface area contributed by atoms with Crippen molar-refractivity contribution in [3.63, 3.8) is 0 Å². The minimum atomic E-state index is -0.529. The maximum atomic E-state index is 11.9. The molecule has 0 bridgehead atoms. The molecular formula is C12H13N5O3S. The Hall–Kier alpha value is -2.39. The summed E-state index contributed by atoms with van der Waals surface area (Å²) in [5.41, 5.74) is -0.538. The van der Waals surface area contributed by atoms with Crippen LogP contribution in [0.3, 0.4) is 0 Å². The molecule has 21 heavy (non-hydrogen) atoms. The van der Waals surface area contributed by atoms with Gasteiger partial charge in [-0.25, -0.2) is 9.98 Å². The van der Waals surface area contributed by atoms with E-state index in [0.29, 0.717) is 19.0 Å². The fourth-order valence-corrected chi connectivity index (χ4v) is 1.84. The van der Waals surface area contributed by atoms with E-state index in [0.717, 1.165) is 0 Å².